The highest BCUT2D eigenvalue weighted by atomic mass is 35.5. The van der Waals surface area contributed by atoms with Gasteiger partial charge in [0.15, 0.2) is 5.82 Å². The number of hydrogen-bond donors (Lipinski definition) is 1. The molecule has 1 N–H and O–H groups in total. The number of rotatable bonds is 5. The minimum atomic E-state index is -4.43. The minimum absolute atomic E-state index is 0.0265. The molecule has 0 spiro atoms. The number of ether oxygens (including phenoxy) is 1. The number of nitrogens with one attached hydrogen (secondary N) is 1. The van der Waals surface area contributed by atoms with Crippen LogP contribution < -0.4 is 14.5 Å². The number of halogens is 4. The van der Waals surface area contributed by atoms with E-state index in [4.69, 9.17) is 16.3 Å². The molecule has 0 bridgehead atoms. The van der Waals surface area contributed by atoms with Crippen molar-refractivity contribution in [2.45, 2.75) is 13.1 Å². The van der Waals surface area contributed by atoms with Crippen LogP contribution in [0.15, 0.2) is 42.6 Å². The third kappa shape index (κ3) is 4.56. The van der Waals surface area contributed by atoms with Gasteiger partial charge in [-0.2, -0.15) is 18.3 Å². The lowest BCUT2D eigenvalue weighted by atomic mass is 10.1. The molecule has 1 saturated heterocycles. The number of benzene rings is 1. The normalized spacial score (nSPS) is 14.7. The Morgan fingerprint density at radius 3 is 2.52 bits per heavy atom. The Hall–Kier alpha value is -2.94. The highest BCUT2D eigenvalue weighted by Gasteiger charge is 2.36. The van der Waals surface area contributed by atoms with Crippen LogP contribution in [0.25, 0.3) is 11.3 Å². The van der Waals surface area contributed by atoms with Gasteiger partial charge in [0.1, 0.15) is 11.6 Å². The van der Waals surface area contributed by atoms with Gasteiger partial charge in [-0.05, 0) is 37.3 Å². The zero-order valence-corrected chi connectivity index (χ0v) is 17.5. The van der Waals surface area contributed by atoms with Crippen LogP contribution in [0.2, 0.25) is 5.02 Å². The maximum Gasteiger partial charge on any atom is 0.419 e. The second-order valence-electron chi connectivity index (χ2n) is 7.06. The number of aromatic nitrogens is 3. The Labute approximate surface area is 182 Å². The standard InChI is InChI=1S/C21H21ClF3N5O/c1-2-31-18-6-5-14(12-16(18)22)17-13-19(28-27-17)29-8-10-30(11-9-29)20-15(21(23,24)25)4-3-7-26-20/h3-7,12-13H,2,8-11H2,1H3,(H,27,28). The molecule has 0 unspecified atom stereocenters. The summed E-state index contributed by atoms with van der Waals surface area (Å²) in [4.78, 5) is 7.68. The van der Waals surface area contributed by atoms with Crippen LogP contribution in [0.1, 0.15) is 12.5 Å². The third-order valence-corrected chi connectivity index (χ3v) is 5.40. The molecule has 6 nitrogen and oxygen atoms in total. The zero-order valence-electron chi connectivity index (χ0n) is 16.8. The Morgan fingerprint density at radius 1 is 1.10 bits per heavy atom. The summed E-state index contributed by atoms with van der Waals surface area (Å²) in [5.41, 5.74) is 0.957. The molecular weight excluding hydrogens is 431 g/mol. The van der Waals surface area contributed by atoms with Gasteiger partial charge in [-0.15, -0.1) is 0 Å². The number of pyridine rings is 1. The Kier molecular flexibility index (Phi) is 5.95. The average Bonchev–Trinajstić information content (AvgIpc) is 3.25. The second kappa shape index (κ2) is 8.66. The smallest absolute Gasteiger partial charge is 0.419 e. The summed E-state index contributed by atoms with van der Waals surface area (Å²) in [6, 6.07) is 9.79. The highest BCUT2D eigenvalue weighted by Crippen LogP contribution is 2.36. The number of piperazine rings is 1. The molecule has 4 rings (SSSR count). The van der Waals surface area contributed by atoms with Gasteiger partial charge in [-0.3, -0.25) is 5.10 Å². The third-order valence-electron chi connectivity index (χ3n) is 5.10. The first-order valence-electron chi connectivity index (χ1n) is 9.87. The van der Waals surface area contributed by atoms with Crippen LogP contribution in [0, 0.1) is 0 Å². The van der Waals surface area contributed by atoms with E-state index in [9.17, 15) is 13.2 Å². The van der Waals surface area contributed by atoms with E-state index < -0.39 is 11.7 Å². The van der Waals surface area contributed by atoms with Crippen molar-refractivity contribution in [3.05, 3.63) is 53.2 Å². The van der Waals surface area contributed by atoms with E-state index in [1.807, 2.05) is 36.1 Å². The van der Waals surface area contributed by atoms with Crippen LogP contribution in [0.5, 0.6) is 5.75 Å². The molecule has 3 heterocycles. The molecular formula is C21H21ClF3N5O. The lowest BCUT2D eigenvalue weighted by Crippen LogP contribution is -2.47. The fourth-order valence-electron chi connectivity index (χ4n) is 3.58. The lowest BCUT2D eigenvalue weighted by molar-refractivity contribution is -0.137. The predicted molar refractivity (Wildman–Crippen MR) is 114 cm³/mol. The first-order chi connectivity index (χ1) is 14.9. The van der Waals surface area contributed by atoms with Crippen LogP contribution >= 0.6 is 11.6 Å². The van der Waals surface area contributed by atoms with Gasteiger partial charge in [0.2, 0.25) is 0 Å². The summed E-state index contributed by atoms with van der Waals surface area (Å²) in [5, 5.41) is 7.89. The number of hydrogen-bond acceptors (Lipinski definition) is 5. The summed E-state index contributed by atoms with van der Waals surface area (Å²) in [5.74, 6) is 1.33. The van der Waals surface area contributed by atoms with Gasteiger partial charge in [0.05, 0.1) is 22.9 Å². The van der Waals surface area contributed by atoms with E-state index >= 15 is 0 Å². The van der Waals surface area contributed by atoms with Crippen molar-refractivity contribution in [3.8, 4) is 17.0 Å². The van der Waals surface area contributed by atoms with Crippen LogP contribution in [0.3, 0.4) is 0 Å². The molecule has 0 aliphatic carbocycles. The van der Waals surface area contributed by atoms with Gasteiger partial charge in [0, 0.05) is 44.0 Å². The van der Waals surface area contributed by atoms with Crippen LogP contribution in [0.4, 0.5) is 24.8 Å². The zero-order chi connectivity index (χ0) is 22.0. The van der Waals surface area contributed by atoms with E-state index in [1.54, 1.807) is 4.90 Å². The van der Waals surface area contributed by atoms with Crippen molar-refractivity contribution in [1.82, 2.24) is 15.2 Å². The minimum Gasteiger partial charge on any atom is -0.492 e. The molecule has 164 valence electrons. The van der Waals surface area contributed by atoms with E-state index in [2.05, 4.69) is 15.2 Å². The topological polar surface area (TPSA) is 57.3 Å². The fourth-order valence-corrected chi connectivity index (χ4v) is 3.81. The maximum absolute atomic E-state index is 13.3. The van der Waals surface area contributed by atoms with Gasteiger partial charge < -0.3 is 14.5 Å². The Bertz CT molecular complexity index is 1050. The summed E-state index contributed by atoms with van der Waals surface area (Å²) < 4.78 is 45.3. The second-order valence-corrected chi connectivity index (χ2v) is 7.47. The molecule has 1 fully saturated rings. The molecule has 1 aromatic carbocycles. The van der Waals surface area contributed by atoms with Crippen molar-refractivity contribution >= 4 is 23.2 Å². The molecule has 2 aromatic heterocycles. The quantitative estimate of drug-likeness (QED) is 0.599. The van der Waals surface area contributed by atoms with Gasteiger partial charge in [-0.1, -0.05) is 11.6 Å². The molecule has 0 saturated carbocycles. The molecule has 1 aliphatic heterocycles. The van der Waals surface area contributed by atoms with Crippen molar-refractivity contribution in [2.24, 2.45) is 0 Å². The first-order valence-corrected chi connectivity index (χ1v) is 10.2. The van der Waals surface area contributed by atoms with Gasteiger partial charge >= 0.3 is 6.18 Å². The summed E-state index contributed by atoms with van der Waals surface area (Å²) in [6.07, 6.45) is -3.05. The summed E-state index contributed by atoms with van der Waals surface area (Å²) >= 11 is 6.27. The van der Waals surface area contributed by atoms with Gasteiger partial charge in [-0.25, -0.2) is 4.98 Å². The van der Waals surface area contributed by atoms with E-state index in [-0.39, 0.29) is 5.82 Å². The van der Waals surface area contributed by atoms with Crippen molar-refractivity contribution in [2.75, 3.05) is 42.6 Å². The predicted octanol–water partition coefficient (Wildman–Crippen LogP) is 4.87. The molecule has 31 heavy (non-hydrogen) atoms. The number of alkyl halides is 3. The molecule has 10 heteroatoms. The SMILES string of the molecule is CCOc1ccc(-c2cc(N3CCN(c4ncccc4C(F)(F)F)CC3)n[nH]2)cc1Cl. The van der Waals surface area contributed by atoms with Crippen molar-refractivity contribution in [3.63, 3.8) is 0 Å². The van der Waals surface area contributed by atoms with Crippen molar-refractivity contribution < 1.29 is 17.9 Å². The summed E-state index contributed by atoms with van der Waals surface area (Å²) in [7, 11) is 0. The highest BCUT2D eigenvalue weighted by molar-refractivity contribution is 6.32. The molecule has 3 aromatic rings. The molecule has 0 atom stereocenters. The summed E-state index contributed by atoms with van der Waals surface area (Å²) in [6.45, 7) is 4.31. The molecule has 1 aliphatic rings. The molecule has 0 radical (unpaired) electrons. The maximum atomic E-state index is 13.3. The number of H-pyrrole nitrogens is 1. The van der Waals surface area contributed by atoms with Gasteiger partial charge in [0.25, 0.3) is 0 Å². The monoisotopic (exact) mass is 451 g/mol. The number of aromatic amines is 1. The van der Waals surface area contributed by atoms with Crippen molar-refractivity contribution in [1.29, 1.82) is 0 Å². The van der Waals surface area contributed by atoms with E-state index in [0.717, 1.165) is 23.1 Å². The Morgan fingerprint density at radius 2 is 1.84 bits per heavy atom. The first kappa shape index (κ1) is 21.3. The number of nitrogens with zero attached hydrogens (tertiary/aromatic N) is 4. The largest absolute Gasteiger partial charge is 0.492 e. The molecule has 0 amide bonds. The Balaban J connectivity index is 1.45. The average molecular weight is 452 g/mol. The lowest BCUT2D eigenvalue weighted by Gasteiger charge is -2.36. The van der Waals surface area contributed by atoms with E-state index in [1.165, 1.54) is 12.3 Å². The van der Waals surface area contributed by atoms with Crippen LogP contribution in [-0.4, -0.2) is 48.0 Å². The van der Waals surface area contributed by atoms with Crippen LogP contribution in [-0.2, 0) is 6.18 Å². The fraction of sp³-hybridized carbons (Fsp3) is 0.333. The number of anilines is 2. The van der Waals surface area contributed by atoms with E-state index in [0.29, 0.717) is 43.6 Å².